The zero-order chi connectivity index (χ0) is 22.2. The first-order valence-electron chi connectivity index (χ1n) is 9.33. The van der Waals surface area contributed by atoms with Crippen molar-refractivity contribution >= 4 is 5.90 Å². The van der Waals surface area contributed by atoms with Crippen molar-refractivity contribution in [3.8, 4) is 16.9 Å². The van der Waals surface area contributed by atoms with Crippen LogP contribution in [0.15, 0.2) is 65.7 Å². The van der Waals surface area contributed by atoms with Gasteiger partial charge in [-0.15, -0.1) is 13.2 Å². The Morgan fingerprint density at radius 2 is 1.58 bits per heavy atom. The van der Waals surface area contributed by atoms with Crippen LogP contribution in [0, 0.1) is 18.6 Å². The minimum absolute atomic E-state index is 0.0793. The maximum Gasteiger partial charge on any atom is 0.573 e. The molecule has 0 bridgehead atoms. The topological polar surface area (TPSA) is 30.8 Å². The van der Waals surface area contributed by atoms with E-state index in [1.54, 1.807) is 6.07 Å². The molecule has 1 unspecified atom stereocenters. The molecule has 1 aliphatic heterocycles. The van der Waals surface area contributed by atoms with Gasteiger partial charge in [-0.05, 0) is 53.4 Å². The van der Waals surface area contributed by atoms with Crippen LogP contribution in [0.3, 0.4) is 0 Å². The highest BCUT2D eigenvalue weighted by Gasteiger charge is 2.31. The normalized spacial score (nSPS) is 16.1. The average Bonchev–Trinajstić information content (AvgIpc) is 3.16. The molecule has 0 N–H and O–H groups in total. The van der Waals surface area contributed by atoms with Crippen molar-refractivity contribution in [2.45, 2.75) is 19.3 Å². The molecule has 0 aliphatic carbocycles. The van der Waals surface area contributed by atoms with E-state index in [1.165, 1.54) is 30.3 Å². The Kier molecular flexibility index (Phi) is 5.39. The summed E-state index contributed by atoms with van der Waals surface area (Å²) in [5.41, 5.74) is 2.90. The second-order valence-corrected chi connectivity index (χ2v) is 7.00. The van der Waals surface area contributed by atoms with Crippen LogP contribution in [0.2, 0.25) is 0 Å². The van der Waals surface area contributed by atoms with Gasteiger partial charge in [0, 0.05) is 0 Å². The fourth-order valence-corrected chi connectivity index (χ4v) is 3.45. The third-order valence-corrected chi connectivity index (χ3v) is 4.88. The highest BCUT2D eigenvalue weighted by molar-refractivity contribution is 5.95. The zero-order valence-electron chi connectivity index (χ0n) is 16.2. The summed E-state index contributed by atoms with van der Waals surface area (Å²) in [4.78, 5) is 4.35. The summed E-state index contributed by atoms with van der Waals surface area (Å²) in [6, 6.07) is 14.2. The highest BCUT2D eigenvalue weighted by atomic mass is 19.4. The van der Waals surface area contributed by atoms with Crippen molar-refractivity contribution in [2.75, 3.05) is 6.61 Å². The van der Waals surface area contributed by atoms with Crippen molar-refractivity contribution in [1.29, 1.82) is 0 Å². The maximum absolute atomic E-state index is 14.0. The number of aryl methyl sites for hydroxylation is 1. The van der Waals surface area contributed by atoms with E-state index in [0.29, 0.717) is 5.56 Å². The Morgan fingerprint density at radius 3 is 2.19 bits per heavy atom. The average molecular weight is 433 g/mol. The molecular formula is C23H16F5NO2. The summed E-state index contributed by atoms with van der Waals surface area (Å²) in [7, 11) is 0. The lowest BCUT2D eigenvalue weighted by Gasteiger charge is -2.12. The smallest absolute Gasteiger partial charge is 0.475 e. The largest absolute Gasteiger partial charge is 0.573 e. The number of alkyl halides is 3. The zero-order valence-corrected chi connectivity index (χ0v) is 16.2. The van der Waals surface area contributed by atoms with Gasteiger partial charge in [-0.2, -0.15) is 0 Å². The monoisotopic (exact) mass is 433 g/mol. The summed E-state index contributed by atoms with van der Waals surface area (Å²) in [5, 5.41) is 0. The lowest BCUT2D eigenvalue weighted by atomic mass is 9.96. The summed E-state index contributed by atoms with van der Waals surface area (Å²) in [6.07, 6.45) is -4.74. The van der Waals surface area contributed by atoms with Crippen molar-refractivity contribution in [1.82, 2.24) is 0 Å². The molecule has 0 spiro atoms. The Labute approximate surface area is 174 Å². The molecule has 0 saturated carbocycles. The molecule has 1 atom stereocenters. The molecule has 8 heteroatoms. The summed E-state index contributed by atoms with van der Waals surface area (Å²) < 4.78 is 74.3. The Bertz CT molecular complexity index is 1120. The van der Waals surface area contributed by atoms with Crippen LogP contribution in [0.5, 0.6) is 5.75 Å². The SMILES string of the molecule is Cc1cc(-c2ccc(OC(F)(F)F)cc2)ccc1C1COC(c2c(F)cccc2F)=N1. The first kappa shape index (κ1) is 20.8. The van der Waals surface area contributed by atoms with E-state index in [-0.39, 0.29) is 23.8 Å². The molecule has 0 radical (unpaired) electrons. The van der Waals surface area contributed by atoms with Crippen LogP contribution in [0.1, 0.15) is 22.7 Å². The minimum atomic E-state index is -4.74. The van der Waals surface area contributed by atoms with Crippen LogP contribution in [-0.4, -0.2) is 18.9 Å². The van der Waals surface area contributed by atoms with Gasteiger partial charge in [-0.1, -0.05) is 36.4 Å². The fourth-order valence-electron chi connectivity index (χ4n) is 3.45. The predicted octanol–water partition coefficient (Wildman–Crippen LogP) is 6.36. The van der Waals surface area contributed by atoms with Gasteiger partial charge in [-0.3, -0.25) is 0 Å². The second kappa shape index (κ2) is 8.02. The van der Waals surface area contributed by atoms with Crippen LogP contribution >= 0.6 is 0 Å². The predicted molar refractivity (Wildman–Crippen MR) is 105 cm³/mol. The molecule has 160 valence electrons. The molecule has 0 amide bonds. The molecule has 0 fully saturated rings. The van der Waals surface area contributed by atoms with Crippen LogP contribution in [0.25, 0.3) is 11.1 Å². The maximum atomic E-state index is 14.0. The highest BCUT2D eigenvalue weighted by Crippen LogP contribution is 2.32. The number of aliphatic imine (C=N–C) groups is 1. The fraction of sp³-hybridized carbons (Fsp3) is 0.174. The van der Waals surface area contributed by atoms with E-state index in [9.17, 15) is 22.0 Å². The molecule has 4 rings (SSSR count). The van der Waals surface area contributed by atoms with E-state index < -0.39 is 24.0 Å². The quantitative estimate of drug-likeness (QED) is 0.449. The molecule has 3 aromatic rings. The van der Waals surface area contributed by atoms with Gasteiger partial charge in [0.15, 0.2) is 0 Å². The number of hydrogen-bond acceptors (Lipinski definition) is 3. The third-order valence-electron chi connectivity index (χ3n) is 4.88. The third kappa shape index (κ3) is 4.52. The minimum Gasteiger partial charge on any atom is -0.475 e. The summed E-state index contributed by atoms with van der Waals surface area (Å²) in [6.45, 7) is 2.00. The van der Waals surface area contributed by atoms with Gasteiger partial charge in [0.2, 0.25) is 5.90 Å². The summed E-state index contributed by atoms with van der Waals surface area (Å²) >= 11 is 0. The van der Waals surface area contributed by atoms with E-state index in [0.717, 1.165) is 28.8 Å². The standard InChI is InChI=1S/C23H16F5NO2/c1-13-11-15(14-5-8-16(9-6-14)31-23(26,27)28)7-10-17(13)20-12-30-22(29-20)21-18(24)3-2-4-19(21)25/h2-11,20H,12H2,1H3. The number of benzene rings is 3. The van der Waals surface area contributed by atoms with Gasteiger partial charge < -0.3 is 9.47 Å². The summed E-state index contributed by atoms with van der Waals surface area (Å²) in [5.74, 6) is -1.87. The van der Waals surface area contributed by atoms with Crippen molar-refractivity contribution in [3.63, 3.8) is 0 Å². The van der Waals surface area contributed by atoms with Crippen LogP contribution < -0.4 is 4.74 Å². The van der Waals surface area contributed by atoms with E-state index in [2.05, 4.69) is 9.73 Å². The van der Waals surface area contributed by atoms with Crippen molar-refractivity contribution in [3.05, 3.63) is 89.0 Å². The Balaban J connectivity index is 1.56. The first-order chi connectivity index (χ1) is 14.7. The number of rotatable bonds is 4. The molecule has 1 aliphatic rings. The van der Waals surface area contributed by atoms with Crippen molar-refractivity contribution in [2.24, 2.45) is 4.99 Å². The number of halogens is 5. The van der Waals surface area contributed by atoms with Crippen molar-refractivity contribution < 1.29 is 31.4 Å². The molecule has 3 aromatic carbocycles. The van der Waals surface area contributed by atoms with Gasteiger partial charge in [0.05, 0.1) is 0 Å². The molecular weight excluding hydrogens is 417 g/mol. The number of nitrogens with zero attached hydrogens (tertiary/aromatic N) is 1. The Morgan fingerprint density at radius 1 is 0.935 bits per heavy atom. The molecule has 0 saturated heterocycles. The lowest BCUT2D eigenvalue weighted by Crippen LogP contribution is -2.16. The lowest BCUT2D eigenvalue weighted by molar-refractivity contribution is -0.274. The molecule has 0 aromatic heterocycles. The number of hydrogen-bond donors (Lipinski definition) is 0. The second-order valence-electron chi connectivity index (χ2n) is 7.00. The van der Waals surface area contributed by atoms with Gasteiger partial charge >= 0.3 is 6.36 Å². The Hall–Kier alpha value is -3.42. The van der Waals surface area contributed by atoms with E-state index in [4.69, 9.17) is 4.74 Å². The van der Waals surface area contributed by atoms with E-state index in [1.807, 2.05) is 19.1 Å². The molecule has 31 heavy (non-hydrogen) atoms. The number of ether oxygens (including phenoxy) is 2. The van der Waals surface area contributed by atoms with E-state index >= 15 is 0 Å². The van der Waals surface area contributed by atoms with Gasteiger partial charge in [-0.25, -0.2) is 13.8 Å². The van der Waals surface area contributed by atoms with Gasteiger partial charge in [0.1, 0.15) is 35.6 Å². The van der Waals surface area contributed by atoms with Crippen LogP contribution in [-0.2, 0) is 4.74 Å². The molecule has 3 nitrogen and oxygen atoms in total. The molecule has 1 heterocycles. The first-order valence-corrected chi connectivity index (χ1v) is 9.33. The van der Waals surface area contributed by atoms with Crippen LogP contribution in [0.4, 0.5) is 22.0 Å². The van der Waals surface area contributed by atoms with Gasteiger partial charge in [0.25, 0.3) is 0 Å².